The third-order valence-corrected chi connectivity index (χ3v) is 1.88. The van der Waals surface area contributed by atoms with Gasteiger partial charge in [0, 0.05) is 17.8 Å². The van der Waals surface area contributed by atoms with Crippen LogP contribution in [0.3, 0.4) is 0 Å². The van der Waals surface area contributed by atoms with E-state index in [-0.39, 0.29) is 11.3 Å². The molecule has 18 heavy (non-hydrogen) atoms. The zero-order valence-corrected chi connectivity index (χ0v) is 9.01. The van der Waals surface area contributed by atoms with Gasteiger partial charge >= 0.3 is 5.97 Å². The maximum absolute atomic E-state index is 13.1. The summed E-state index contributed by atoms with van der Waals surface area (Å²) >= 11 is 0. The van der Waals surface area contributed by atoms with Crippen molar-refractivity contribution in [1.82, 2.24) is 0 Å². The summed E-state index contributed by atoms with van der Waals surface area (Å²) in [4.78, 5) is 32.2. The van der Waals surface area contributed by atoms with Crippen molar-refractivity contribution in [3.05, 3.63) is 41.7 Å². The molecule has 0 spiro atoms. The fourth-order valence-corrected chi connectivity index (χ4v) is 1.12. The zero-order chi connectivity index (χ0) is 13.7. The van der Waals surface area contributed by atoms with Gasteiger partial charge in [-0.3, -0.25) is 9.59 Å². The van der Waals surface area contributed by atoms with Gasteiger partial charge in [0.1, 0.15) is 5.82 Å². The van der Waals surface area contributed by atoms with Crippen LogP contribution in [0.1, 0.15) is 10.4 Å². The van der Waals surface area contributed by atoms with Crippen molar-refractivity contribution in [1.29, 1.82) is 0 Å². The van der Waals surface area contributed by atoms with E-state index in [2.05, 4.69) is 5.32 Å². The van der Waals surface area contributed by atoms with Crippen molar-refractivity contribution in [2.75, 3.05) is 5.32 Å². The van der Waals surface area contributed by atoms with Gasteiger partial charge in [0.2, 0.25) is 5.91 Å². The molecule has 2 amide bonds. The number of amides is 2. The Labute approximate surface area is 101 Å². The van der Waals surface area contributed by atoms with Gasteiger partial charge in [0.25, 0.3) is 5.91 Å². The van der Waals surface area contributed by atoms with Crippen LogP contribution < -0.4 is 11.1 Å². The first kappa shape index (κ1) is 13.4. The monoisotopic (exact) mass is 252 g/mol. The summed E-state index contributed by atoms with van der Waals surface area (Å²) in [5, 5.41) is 10.6. The van der Waals surface area contributed by atoms with Crippen molar-refractivity contribution >= 4 is 23.5 Å². The molecule has 6 nitrogen and oxygen atoms in total. The minimum atomic E-state index is -1.28. The minimum Gasteiger partial charge on any atom is -0.478 e. The van der Waals surface area contributed by atoms with Gasteiger partial charge in [-0.2, -0.15) is 0 Å². The highest BCUT2D eigenvalue weighted by Crippen LogP contribution is 2.14. The lowest BCUT2D eigenvalue weighted by Crippen LogP contribution is -2.15. The Morgan fingerprint density at radius 1 is 1.28 bits per heavy atom. The average molecular weight is 252 g/mol. The summed E-state index contributed by atoms with van der Waals surface area (Å²) in [6.45, 7) is 0. The standard InChI is InChI=1S/C11H9FN2O4/c12-8-2-1-6(5-7(8)11(13)18)14-9(15)3-4-10(16)17/h1-5H,(H2,13,18)(H,14,15)(H,16,17)/b4-3+. The molecule has 0 aliphatic heterocycles. The second-order valence-corrected chi connectivity index (χ2v) is 3.22. The molecule has 4 N–H and O–H groups in total. The molecular formula is C11H9FN2O4. The van der Waals surface area contributed by atoms with Gasteiger partial charge in [-0.1, -0.05) is 0 Å². The van der Waals surface area contributed by atoms with Crippen LogP contribution in [0.15, 0.2) is 30.4 Å². The van der Waals surface area contributed by atoms with Crippen LogP contribution in [0.2, 0.25) is 0 Å². The van der Waals surface area contributed by atoms with E-state index in [4.69, 9.17) is 10.8 Å². The second-order valence-electron chi connectivity index (χ2n) is 3.22. The molecule has 0 aromatic heterocycles. The van der Waals surface area contributed by atoms with Gasteiger partial charge < -0.3 is 16.2 Å². The first-order valence-electron chi connectivity index (χ1n) is 4.71. The number of carboxylic acid groups (broad SMARTS) is 1. The summed E-state index contributed by atoms with van der Waals surface area (Å²) < 4.78 is 13.1. The van der Waals surface area contributed by atoms with Gasteiger partial charge in [0.05, 0.1) is 5.56 Å². The minimum absolute atomic E-state index is 0.130. The quantitative estimate of drug-likeness (QED) is 0.678. The predicted octanol–water partition coefficient (Wildman–Crippen LogP) is 0.504. The molecule has 7 heteroatoms. The zero-order valence-electron chi connectivity index (χ0n) is 9.01. The van der Waals surface area contributed by atoms with Crippen LogP contribution in [0, 0.1) is 5.82 Å². The summed E-state index contributed by atoms with van der Waals surface area (Å²) in [7, 11) is 0. The number of anilines is 1. The molecule has 0 heterocycles. The summed E-state index contributed by atoms with van der Waals surface area (Å²) in [5.74, 6) is -3.77. The average Bonchev–Trinajstić information content (AvgIpc) is 2.28. The number of nitrogens with two attached hydrogens (primary N) is 1. The van der Waals surface area contributed by atoms with Gasteiger partial charge in [-0.05, 0) is 18.2 Å². The highest BCUT2D eigenvalue weighted by molar-refractivity contribution is 6.03. The number of rotatable bonds is 4. The number of carbonyl (C=O) groups excluding carboxylic acids is 2. The first-order valence-corrected chi connectivity index (χ1v) is 4.71. The number of primary amides is 1. The Hall–Kier alpha value is -2.70. The maximum Gasteiger partial charge on any atom is 0.328 e. The Morgan fingerprint density at radius 2 is 1.94 bits per heavy atom. The molecule has 0 aliphatic rings. The number of carboxylic acids is 1. The molecule has 0 radical (unpaired) electrons. The van der Waals surface area contributed by atoms with Crippen LogP contribution in [0.25, 0.3) is 0 Å². The normalized spacial score (nSPS) is 10.3. The highest BCUT2D eigenvalue weighted by Gasteiger charge is 2.09. The van der Waals surface area contributed by atoms with Crippen molar-refractivity contribution in [2.24, 2.45) is 5.73 Å². The molecule has 0 atom stereocenters. The molecule has 0 unspecified atom stereocenters. The molecular weight excluding hydrogens is 243 g/mol. The number of hydrogen-bond donors (Lipinski definition) is 3. The lowest BCUT2D eigenvalue weighted by atomic mass is 10.2. The van der Waals surface area contributed by atoms with Crippen molar-refractivity contribution < 1.29 is 23.9 Å². The van der Waals surface area contributed by atoms with E-state index in [1.54, 1.807) is 0 Å². The fourth-order valence-electron chi connectivity index (χ4n) is 1.12. The Bertz CT molecular complexity index is 540. The van der Waals surface area contributed by atoms with Crippen LogP contribution >= 0.6 is 0 Å². The molecule has 1 rings (SSSR count). The lowest BCUT2D eigenvalue weighted by molar-refractivity contribution is -0.131. The molecule has 0 aliphatic carbocycles. The summed E-state index contributed by atoms with van der Waals surface area (Å²) in [6.07, 6.45) is 1.43. The van der Waals surface area contributed by atoms with Crippen LogP contribution in [-0.2, 0) is 9.59 Å². The van der Waals surface area contributed by atoms with Crippen molar-refractivity contribution in [3.8, 4) is 0 Å². The first-order chi connectivity index (χ1) is 8.40. The highest BCUT2D eigenvalue weighted by atomic mass is 19.1. The summed E-state index contributed by atoms with van der Waals surface area (Å²) in [5.41, 5.74) is 4.69. The van der Waals surface area contributed by atoms with E-state index in [1.807, 2.05) is 0 Å². The molecule has 0 fully saturated rings. The van der Waals surface area contributed by atoms with Crippen LogP contribution in [0.5, 0.6) is 0 Å². The number of hydrogen-bond acceptors (Lipinski definition) is 3. The van der Waals surface area contributed by atoms with E-state index in [0.29, 0.717) is 6.08 Å². The van der Waals surface area contributed by atoms with Gasteiger partial charge in [-0.15, -0.1) is 0 Å². The number of benzene rings is 1. The second kappa shape index (κ2) is 5.58. The molecule has 1 aromatic rings. The smallest absolute Gasteiger partial charge is 0.328 e. The van der Waals surface area contributed by atoms with Crippen molar-refractivity contribution in [2.45, 2.75) is 0 Å². The topological polar surface area (TPSA) is 109 Å². The van der Waals surface area contributed by atoms with E-state index < -0.39 is 23.6 Å². The SMILES string of the molecule is NC(=O)c1cc(NC(=O)/C=C/C(=O)O)ccc1F. The Morgan fingerprint density at radius 3 is 2.50 bits per heavy atom. The fraction of sp³-hybridized carbons (Fsp3) is 0. The van der Waals surface area contributed by atoms with E-state index >= 15 is 0 Å². The number of carbonyl (C=O) groups is 3. The molecule has 0 saturated heterocycles. The largest absolute Gasteiger partial charge is 0.478 e. The molecule has 0 bridgehead atoms. The van der Waals surface area contributed by atoms with Crippen molar-refractivity contribution in [3.63, 3.8) is 0 Å². The molecule has 0 saturated carbocycles. The number of halogens is 1. The van der Waals surface area contributed by atoms with Gasteiger partial charge in [0.15, 0.2) is 0 Å². The van der Waals surface area contributed by atoms with E-state index in [0.717, 1.165) is 18.2 Å². The number of aliphatic carboxylic acids is 1. The number of nitrogens with one attached hydrogen (secondary N) is 1. The lowest BCUT2D eigenvalue weighted by Gasteiger charge is -2.04. The Kier molecular flexibility index (Phi) is 4.14. The van der Waals surface area contributed by atoms with E-state index in [1.165, 1.54) is 6.07 Å². The maximum atomic E-state index is 13.1. The molecule has 94 valence electrons. The van der Waals surface area contributed by atoms with Crippen LogP contribution in [-0.4, -0.2) is 22.9 Å². The summed E-state index contributed by atoms with van der Waals surface area (Å²) in [6, 6.07) is 3.25. The molecule has 1 aromatic carbocycles. The third-order valence-electron chi connectivity index (χ3n) is 1.88. The Balaban J connectivity index is 2.86. The van der Waals surface area contributed by atoms with Crippen LogP contribution in [0.4, 0.5) is 10.1 Å². The van der Waals surface area contributed by atoms with Gasteiger partial charge in [-0.25, -0.2) is 9.18 Å². The van der Waals surface area contributed by atoms with E-state index in [9.17, 15) is 18.8 Å². The third kappa shape index (κ3) is 3.71. The predicted molar refractivity (Wildman–Crippen MR) is 60.3 cm³/mol.